The van der Waals surface area contributed by atoms with Gasteiger partial charge in [0, 0.05) is 36.1 Å². The van der Waals surface area contributed by atoms with Crippen LogP contribution in [0.2, 0.25) is 0 Å². The summed E-state index contributed by atoms with van der Waals surface area (Å²) in [6.07, 6.45) is 10.5. The molecule has 0 radical (unpaired) electrons. The quantitative estimate of drug-likeness (QED) is 0.711. The molecule has 1 saturated carbocycles. The predicted octanol–water partition coefficient (Wildman–Crippen LogP) is 5.97. The number of aromatic nitrogens is 1. The van der Waals surface area contributed by atoms with Gasteiger partial charge in [0.25, 0.3) is 0 Å². The number of H-pyrrole nitrogens is 1. The number of nitrogens with zero attached hydrogens (tertiary/aromatic N) is 1. The molecule has 146 valence electrons. The average molecular weight is 367 g/mol. The van der Waals surface area contributed by atoms with E-state index in [0.29, 0.717) is 24.3 Å². The molecular formula is C24H34N2O. The van der Waals surface area contributed by atoms with Gasteiger partial charge >= 0.3 is 0 Å². The largest absolute Gasteiger partial charge is 0.361 e. The van der Waals surface area contributed by atoms with Gasteiger partial charge in [0.15, 0.2) is 0 Å². The zero-order valence-electron chi connectivity index (χ0n) is 17.1. The topological polar surface area (TPSA) is 36.1 Å². The monoisotopic (exact) mass is 366 g/mol. The van der Waals surface area contributed by atoms with Crippen LogP contribution in [0.5, 0.6) is 0 Å². The molecule has 0 bridgehead atoms. The van der Waals surface area contributed by atoms with Crippen molar-refractivity contribution in [3.8, 4) is 0 Å². The van der Waals surface area contributed by atoms with Crippen molar-refractivity contribution in [2.45, 2.75) is 83.6 Å². The number of hydrogen-bond acceptors (Lipinski definition) is 1. The van der Waals surface area contributed by atoms with Crippen LogP contribution < -0.4 is 0 Å². The lowest BCUT2D eigenvalue weighted by Gasteiger charge is -2.44. The van der Waals surface area contributed by atoms with E-state index < -0.39 is 0 Å². The highest BCUT2D eigenvalue weighted by Gasteiger charge is 2.36. The molecule has 3 heteroatoms. The van der Waals surface area contributed by atoms with Crippen LogP contribution in [0, 0.1) is 5.92 Å². The van der Waals surface area contributed by atoms with Gasteiger partial charge < -0.3 is 9.88 Å². The molecule has 1 N–H and O–H groups in total. The van der Waals surface area contributed by atoms with Crippen molar-refractivity contribution < 1.29 is 4.79 Å². The number of aromatic amines is 1. The zero-order chi connectivity index (χ0) is 19.0. The molecule has 1 aliphatic carbocycles. The maximum absolute atomic E-state index is 13.2. The van der Waals surface area contributed by atoms with E-state index in [1.54, 1.807) is 0 Å². The second-order valence-corrected chi connectivity index (χ2v) is 9.11. The van der Waals surface area contributed by atoms with Gasteiger partial charge in [-0.25, -0.2) is 0 Å². The number of hydrogen-bond donors (Lipinski definition) is 1. The molecule has 3 unspecified atom stereocenters. The summed E-state index contributed by atoms with van der Waals surface area (Å²) in [6, 6.07) is 7.03. The first-order valence-corrected chi connectivity index (χ1v) is 11.0. The van der Waals surface area contributed by atoms with Gasteiger partial charge in [-0.3, -0.25) is 4.79 Å². The van der Waals surface area contributed by atoms with Gasteiger partial charge in [-0.1, -0.05) is 45.7 Å². The highest BCUT2D eigenvalue weighted by molar-refractivity contribution is 5.88. The molecular weight excluding hydrogens is 332 g/mol. The number of nitrogens with one attached hydrogen (secondary N) is 1. The maximum atomic E-state index is 13.2. The molecule has 2 heterocycles. The molecule has 1 aromatic heterocycles. The summed E-state index contributed by atoms with van der Waals surface area (Å²) in [5.41, 5.74) is 3.88. The molecule has 2 aromatic rings. The van der Waals surface area contributed by atoms with Crippen LogP contribution in [-0.4, -0.2) is 28.4 Å². The maximum Gasteiger partial charge on any atom is 0.223 e. The summed E-state index contributed by atoms with van der Waals surface area (Å²) in [5, 5.41) is 1.34. The van der Waals surface area contributed by atoms with E-state index in [4.69, 9.17) is 0 Å². The van der Waals surface area contributed by atoms with E-state index in [1.165, 1.54) is 60.6 Å². The van der Waals surface area contributed by atoms with Gasteiger partial charge in [0.1, 0.15) is 0 Å². The summed E-state index contributed by atoms with van der Waals surface area (Å²) in [4.78, 5) is 18.9. The third-order valence-corrected chi connectivity index (χ3v) is 6.97. The second kappa shape index (κ2) is 7.69. The number of piperidine rings is 1. The summed E-state index contributed by atoms with van der Waals surface area (Å²) >= 11 is 0. The second-order valence-electron chi connectivity index (χ2n) is 9.11. The van der Waals surface area contributed by atoms with Crippen molar-refractivity contribution in [3.05, 3.63) is 35.5 Å². The first-order valence-electron chi connectivity index (χ1n) is 11.0. The van der Waals surface area contributed by atoms with E-state index in [2.05, 4.69) is 55.1 Å². The number of amides is 1. The molecule has 1 aromatic carbocycles. The molecule has 3 nitrogen and oxygen atoms in total. The fourth-order valence-electron chi connectivity index (χ4n) is 5.53. The lowest BCUT2D eigenvalue weighted by molar-refractivity contribution is -0.137. The van der Waals surface area contributed by atoms with Gasteiger partial charge in [0.05, 0.1) is 0 Å². The lowest BCUT2D eigenvalue weighted by atomic mass is 9.78. The Hall–Kier alpha value is -1.77. The van der Waals surface area contributed by atoms with Crippen molar-refractivity contribution in [2.75, 3.05) is 6.54 Å². The van der Waals surface area contributed by atoms with Crippen LogP contribution in [0.25, 0.3) is 10.9 Å². The van der Waals surface area contributed by atoms with Gasteiger partial charge in [-0.05, 0) is 60.6 Å². The van der Waals surface area contributed by atoms with Crippen LogP contribution in [0.1, 0.15) is 88.7 Å². The smallest absolute Gasteiger partial charge is 0.223 e. The Labute approximate surface area is 163 Å². The summed E-state index contributed by atoms with van der Waals surface area (Å²) < 4.78 is 0. The Morgan fingerprint density at radius 1 is 1.11 bits per heavy atom. The molecule has 0 spiro atoms. The predicted molar refractivity (Wildman–Crippen MR) is 112 cm³/mol. The Morgan fingerprint density at radius 2 is 1.89 bits per heavy atom. The highest BCUT2D eigenvalue weighted by Crippen LogP contribution is 2.37. The standard InChI is InChI=1S/C24H34N2O/c1-16(2)19-10-6-11-21-24(19)20(15-25-21)17(3)14-23(27)26-13-7-9-18-8-4-5-12-22(18)26/h6,10-11,15-18,22,25H,4-5,7-9,12-14H2,1-3H3. The van der Waals surface area contributed by atoms with Crippen molar-refractivity contribution >= 4 is 16.8 Å². The van der Waals surface area contributed by atoms with Crippen molar-refractivity contribution in [1.29, 1.82) is 0 Å². The minimum Gasteiger partial charge on any atom is -0.361 e. The first-order chi connectivity index (χ1) is 13.1. The summed E-state index contributed by atoms with van der Waals surface area (Å²) in [6.45, 7) is 7.69. The van der Waals surface area contributed by atoms with Crippen LogP contribution in [0.15, 0.2) is 24.4 Å². The van der Waals surface area contributed by atoms with E-state index >= 15 is 0 Å². The van der Waals surface area contributed by atoms with Crippen molar-refractivity contribution in [3.63, 3.8) is 0 Å². The fourth-order valence-corrected chi connectivity index (χ4v) is 5.53. The van der Waals surface area contributed by atoms with Crippen LogP contribution in [0.4, 0.5) is 0 Å². The molecule has 27 heavy (non-hydrogen) atoms. The van der Waals surface area contributed by atoms with E-state index in [1.807, 2.05) is 0 Å². The highest BCUT2D eigenvalue weighted by atomic mass is 16.2. The van der Waals surface area contributed by atoms with Crippen molar-refractivity contribution in [1.82, 2.24) is 9.88 Å². The Bertz CT molecular complexity index is 804. The molecule has 3 atom stereocenters. The number of likely N-dealkylation sites (tertiary alicyclic amines) is 1. The number of fused-ring (bicyclic) bond motifs is 2. The molecule has 1 amide bonds. The zero-order valence-corrected chi connectivity index (χ0v) is 17.1. The Kier molecular flexibility index (Phi) is 5.29. The number of carbonyl (C=O) groups is 1. The molecule has 2 fully saturated rings. The van der Waals surface area contributed by atoms with Gasteiger partial charge in [-0.2, -0.15) is 0 Å². The van der Waals surface area contributed by atoms with E-state index in [9.17, 15) is 4.79 Å². The van der Waals surface area contributed by atoms with E-state index in [-0.39, 0.29) is 5.92 Å². The van der Waals surface area contributed by atoms with Gasteiger partial charge in [0.2, 0.25) is 5.91 Å². The Morgan fingerprint density at radius 3 is 2.70 bits per heavy atom. The van der Waals surface area contributed by atoms with Crippen molar-refractivity contribution in [2.24, 2.45) is 5.92 Å². The molecule has 2 aliphatic rings. The fraction of sp³-hybridized carbons (Fsp3) is 0.625. The molecule has 1 saturated heterocycles. The van der Waals surface area contributed by atoms with Crippen LogP contribution >= 0.6 is 0 Å². The summed E-state index contributed by atoms with van der Waals surface area (Å²) in [5.74, 6) is 1.86. The normalized spacial score (nSPS) is 24.2. The third kappa shape index (κ3) is 3.53. The number of rotatable bonds is 4. The number of benzene rings is 1. The van der Waals surface area contributed by atoms with Gasteiger partial charge in [-0.15, -0.1) is 0 Å². The first kappa shape index (κ1) is 18.6. The molecule has 4 rings (SSSR count). The third-order valence-electron chi connectivity index (χ3n) is 6.97. The SMILES string of the molecule is CC(C)c1cccc2[nH]cc(C(C)CC(=O)N3CCCC4CCCCC43)c12. The van der Waals surface area contributed by atoms with E-state index in [0.717, 1.165) is 12.5 Å². The minimum absolute atomic E-state index is 0.245. The lowest BCUT2D eigenvalue weighted by Crippen LogP contribution is -2.49. The van der Waals surface area contributed by atoms with Crippen LogP contribution in [0.3, 0.4) is 0 Å². The average Bonchev–Trinajstić information content (AvgIpc) is 3.11. The summed E-state index contributed by atoms with van der Waals surface area (Å²) in [7, 11) is 0. The minimum atomic E-state index is 0.245. The Balaban J connectivity index is 1.54. The van der Waals surface area contributed by atoms with Crippen LogP contribution in [-0.2, 0) is 4.79 Å². The molecule has 1 aliphatic heterocycles. The number of carbonyl (C=O) groups excluding carboxylic acids is 1.